The maximum Gasteiger partial charge on any atom is 0.239 e. The first-order chi connectivity index (χ1) is 10.7. The Morgan fingerprint density at radius 1 is 0.591 bits per heavy atom. The number of nitrogens with one attached hydrogen (secondary N) is 2. The van der Waals surface area contributed by atoms with Crippen molar-refractivity contribution in [2.75, 3.05) is 11.5 Å². The van der Waals surface area contributed by atoms with E-state index in [9.17, 15) is 0 Å². The van der Waals surface area contributed by atoms with Crippen molar-refractivity contribution in [1.29, 1.82) is 0 Å². The highest BCUT2D eigenvalue weighted by Crippen LogP contribution is 2.11. The largest absolute Gasteiger partial charge is 0.367 e. The molecule has 0 bridgehead atoms. The highest BCUT2D eigenvalue weighted by Gasteiger charge is 2.00. The van der Waals surface area contributed by atoms with E-state index >= 15 is 0 Å². The summed E-state index contributed by atoms with van der Waals surface area (Å²) in [7, 11) is 0. The van der Waals surface area contributed by atoms with E-state index in [1.54, 1.807) is 0 Å². The highest BCUT2D eigenvalue weighted by atomic mass is 15.3. The summed E-state index contributed by atoms with van der Waals surface area (Å²) < 4.78 is 0. The number of nitrogens with zero attached hydrogens (tertiary/aromatic N) is 4. The van der Waals surface area contributed by atoms with Gasteiger partial charge in [0.25, 0.3) is 0 Å². The molecule has 2 aromatic heterocycles. The Hall–Kier alpha value is -2.12. The number of rotatable bonds is 11. The lowest BCUT2D eigenvalue weighted by molar-refractivity contribution is 0.562. The van der Waals surface area contributed by atoms with Gasteiger partial charge >= 0.3 is 0 Å². The summed E-state index contributed by atoms with van der Waals surface area (Å²) in [5.74, 6) is 2.46. The monoisotopic (exact) mass is 306 g/mol. The van der Waals surface area contributed by atoms with Crippen LogP contribution in [0.2, 0.25) is 0 Å². The van der Waals surface area contributed by atoms with Crippen LogP contribution in [0.4, 0.5) is 11.9 Å². The van der Waals surface area contributed by atoms with Crippen LogP contribution >= 0.6 is 0 Å². The fraction of sp³-hybridized carbons (Fsp3) is 0.714. The van der Waals surface area contributed by atoms with Crippen molar-refractivity contribution < 1.29 is 0 Å². The van der Waals surface area contributed by atoms with Crippen molar-refractivity contribution in [3.8, 4) is 0 Å². The standard InChI is InChI=1S/C14H26N8/c15-13-17-11(19-21-13)9-7-5-3-1-2-4-6-8-10-12-18-14(16)22-20-12/h1-10H2,(H3,15,17,19,21)(H3,16,18,20,22). The molecule has 0 spiro atoms. The second kappa shape index (κ2) is 9.01. The van der Waals surface area contributed by atoms with Gasteiger partial charge in [0.15, 0.2) is 0 Å². The van der Waals surface area contributed by atoms with E-state index in [0.717, 1.165) is 37.3 Å². The SMILES string of the molecule is Nc1n[nH]c(CCCCCCCCCCc2nc(N)n[nH]2)n1. The number of anilines is 2. The summed E-state index contributed by atoms with van der Waals surface area (Å²) in [6.07, 6.45) is 11.8. The van der Waals surface area contributed by atoms with Gasteiger partial charge in [-0.25, -0.2) is 0 Å². The zero-order valence-corrected chi connectivity index (χ0v) is 13.0. The third-order valence-electron chi connectivity index (χ3n) is 3.68. The molecule has 0 saturated heterocycles. The molecule has 0 atom stereocenters. The normalized spacial score (nSPS) is 11.1. The van der Waals surface area contributed by atoms with Crippen LogP contribution in [-0.2, 0) is 12.8 Å². The molecule has 0 saturated carbocycles. The third-order valence-corrected chi connectivity index (χ3v) is 3.68. The van der Waals surface area contributed by atoms with Crippen molar-refractivity contribution in [3.05, 3.63) is 11.6 Å². The van der Waals surface area contributed by atoms with Gasteiger partial charge < -0.3 is 11.5 Å². The van der Waals surface area contributed by atoms with Crippen molar-refractivity contribution in [2.45, 2.75) is 64.2 Å². The van der Waals surface area contributed by atoms with Crippen LogP contribution < -0.4 is 11.5 Å². The lowest BCUT2D eigenvalue weighted by atomic mass is 10.1. The van der Waals surface area contributed by atoms with Gasteiger partial charge in [-0.05, 0) is 12.8 Å². The summed E-state index contributed by atoms with van der Waals surface area (Å²) in [6, 6.07) is 0. The maximum atomic E-state index is 5.46. The van der Waals surface area contributed by atoms with E-state index in [1.165, 1.54) is 38.5 Å². The molecule has 0 fully saturated rings. The topological polar surface area (TPSA) is 135 Å². The lowest BCUT2D eigenvalue weighted by Crippen LogP contribution is -1.91. The first kappa shape index (κ1) is 16.3. The van der Waals surface area contributed by atoms with E-state index in [2.05, 4.69) is 30.4 Å². The quantitative estimate of drug-likeness (QED) is 0.469. The van der Waals surface area contributed by atoms with Crippen LogP contribution in [0.15, 0.2) is 0 Å². The Morgan fingerprint density at radius 2 is 0.955 bits per heavy atom. The smallest absolute Gasteiger partial charge is 0.239 e. The van der Waals surface area contributed by atoms with Gasteiger partial charge in [0.1, 0.15) is 11.6 Å². The predicted molar refractivity (Wildman–Crippen MR) is 85.9 cm³/mol. The fourth-order valence-corrected chi connectivity index (χ4v) is 2.49. The van der Waals surface area contributed by atoms with E-state index in [1.807, 2.05) is 0 Å². The van der Waals surface area contributed by atoms with Gasteiger partial charge in [-0.15, -0.1) is 10.2 Å². The molecule has 0 aliphatic heterocycles. The second-order valence-electron chi connectivity index (χ2n) is 5.61. The second-order valence-corrected chi connectivity index (χ2v) is 5.61. The van der Waals surface area contributed by atoms with Gasteiger partial charge in [0.2, 0.25) is 11.9 Å². The maximum absolute atomic E-state index is 5.46. The summed E-state index contributed by atoms with van der Waals surface area (Å²) in [5, 5.41) is 13.3. The van der Waals surface area contributed by atoms with Gasteiger partial charge in [-0.1, -0.05) is 38.5 Å². The van der Waals surface area contributed by atoms with Crippen LogP contribution in [0.5, 0.6) is 0 Å². The number of aromatic amines is 2. The minimum Gasteiger partial charge on any atom is -0.367 e. The van der Waals surface area contributed by atoms with E-state index in [4.69, 9.17) is 11.5 Å². The first-order valence-corrected chi connectivity index (χ1v) is 8.07. The number of hydrogen-bond donors (Lipinski definition) is 4. The molecule has 0 radical (unpaired) electrons. The average molecular weight is 306 g/mol. The molecule has 6 N–H and O–H groups in total. The van der Waals surface area contributed by atoms with Gasteiger partial charge in [0, 0.05) is 12.8 Å². The van der Waals surface area contributed by atoms with E-state index in [0.29, 0.717) is 11.9 Å². The summed E-state index contributed by atoms with van der Waals surface area (Å²) in [5.41, 5.74) is 10.9. The van der Waals surface area contributed by atoms with Crippen LogP contribution in [0, 0.1) is 0 Å². The molecule has 122 valence electrons. The number of nitrogen functional groups attached to an aromatic ring is 2. The minimum atomic E-state index is 0.336. The molecule has 0 unspecified atom stereocenters. The van der Waals surface area contributed by atoms with Crippen molar-refractivity contribution >= 4 is 11.9 Å². The molecule has 22 heavy (non-hydrogen) atoms. The van der Waals surface area contributed by atoms with Crippen LogP contribution in [0.1, 0.15) is 63.0 Å². The number of unbranched alkanes of at least 4 members (excludes halogenated alkanes) is 7. The van der Waals surface area contributed by atoms with Crippen molar-refractivity contribution in [3.63, 3.8) is 0 Å². The molecule has 0 aromatic carbocycles. The predicted octanol–water partition coefficient (Wildman–Crippen LogP) is 1.99. The zero-order valence-electron chi connectivity index (χ0n) is 13.0. The van der Waals surface area contributed by atoms with E-state index < -0.39 is 0 Å². The van der Waals surface area contributed by atoms with Crippen molar-refractivity contribution in [1.82, 2.24) is 30.4 Å². The van der Waals surface area contributed by atoms with Gasteiger partial charge in [-0.2, -0.15) is 9.97 Å². The molecule has 2 heterocycles. The zero-order chi connectivity index (χ0) is 15.6. The number of nitrogens with two attached hydrogens (primary N) is 2. The highest BCUT2D eigenvalue weighted by molar-refractivity contribution is 5.12. The minimum absolute atomic E-state index is 0.336. The number of aryl methyl sites for hydroxylation is 2. The number of hydrogen-bond acceptors (Lipinski definition) is 6. The summed E-state index contributed by atoms with van der Waals surface area (Å²) in [6.45, 7) is 0. The number of H-pyrrole nitrogens is 2. The number of aromatic nitrogens is 6. The Kier molecular flexibility index (Phi) is 6.66. The first-order valence-electron chi connectivity index (χ1n) is 8.07. The Morgan fingerprint density at radius 3 is 1.27 bits per heavy atom. The summed E-state index contributed by atoms with van der Waals surface area (Å²) >= 11 is 0. The molecule has 2 rings (SSSR count). The van der Waals surface area contributed by atoms with E-state index in [-0.39, 0.29) is 0 Å². The fourth-order valence-electron chi connectivity index (χ4n) is 2.49. The Labute approximate surface area is 130 Å². The molecular formula is C14H26N8. The average Bonchev–Trinajstić information content (AvgIpc) is 3.09. The summed E-state index contributed by atoms with van der Waals surface area (Å²) in [4.78, 5) is 8.19. The van der Waals surface area contributed by atoms with Crippen LogP contribution in [0.25, 0.3) is 0 Å². The third kappa shape index (κ3) is 6.11. The van der Waals surface area contributed by atoms with Crippen molar-refractivity contribution in [2.24, 2.45) is 0 Å². The van der Waals surface area contributed by atoms with Gasteiger partial charge in [-0.3, -0.25) is 10.2 Å². The molecule has 0 aliphatic carbocycles. The van der Waals surface area contributed by atoms with Gasteiger partial charge in [0.05, 0.1) is 0 Å². The molecule has 0 aliphatic rings. The molecule has 8 heteroatoms. The Balaban J connectivity index is 1.37. The molecular weight excluding hydrogens is 280 g/mol. The lowest BCUT2D eigenvalue weighted by Gasteiger charge is -2.01. The molecule has 8 nitrogen and oxygen atoms in total. The molecule has 0 amide bonds. The Bertz CT molecular complexity index is 484. The van der Waals surface area contributed by atoms with Crippen LogP contribution in [-0.4, -0.2) is 30.4 Å². The van der Waals surface area contributed by atoms with Crippen LogP contribution in [0.3, 0.4) is 0 Å². The molecule has 2 aromatic rings.